The van der Waals surface area contributed by atoms with E-state index in [-0.39, 0.29) is 6.04 Å². The van der Waals surface area contributed by atoms with Crippen LogP contribution >= 0.6 is 11.6 Å². The summed E-state index contributed by atoms with van der Waals surface area (Å²) in [7, 11) is -1.32. The van der Waals surface area contributed by atoms with Crippen LogP contribution in [0.5, 0.6) is 0 Å². The van der Waals surface area contributed by atoms with Gasteiger partial charge in [0.15, 0.2) is 0 Å². The second-order valence-corrected chi connectivity index (χ2v) is 9.64. The number of nitrogens with zero attached hydrogens (tertiary/aromatic N) is 1. The highest BCUT2D eigenvalue weighted by Gasteiger charge is 2.34. The Bertz CT molecular complexity index is 657. The molecule has 3 rings (SSSR count). The van der Waals surface area contributed by atoms with Gasteiger partial charge in [0.1, 0.15) is 0 Å². The number of nitrogens with one attached hydrogen (secondary N) is 1. The third kappa shape index (κ3) is 4.76. The Balaban J connectivity index is 1.73. The van der Waals surface area contributed by atoms with Crippen molar-refractivity contribution in [2.24, 2.45) is 0 Å². The van der Waals surface area contributed by atoms with E-state index >= 15 is 0 Å². The summed E-state index contributed by atoms with van der Waals surface area (Å²) in [6.45, 7) is 0. The van der Waals surface area contributed by atoms with Crippen molar-refractivity contribution >= 4 is 21.6 Å². The molecule has 0 saturated heterocycles. The van der Waals surface area contributed by atoms with Gasteiger partial charge in [-0.25, -0.2) is 13.1 Å². The fourth-order valence-electron chi connectivity index (χ4n) is 4.38. The van der Waals surface area contributed by atoms with E-state index in [9.17, 15) is 8.42 Å². The SMILES string of the molecule is CN(C1CCCCC1)[C@@H]1CCCC[C@H]1NS(=O)(=O)c1ccc(Cl)cc1. The van der Waals surface area contributed by atoms with Gasteiger partial charge in [-0.1, -0.05) is 43.7 Å². The number of hydrogen-bond donors (Lipinski definition) is 1. The summed E-state index contributed by atoms with van der Waals surface area (Å²) in [6.07, 6.45) is 10.7. The monoisotopic (exact) mass is 384 g/mol. The molecule has 140 valence electrons. The maximum atomic E-state index is 12.8. The van der Waals surface area contributed by atoms with Gasteiger partial charge < -0.3 is 0 Å². The molecule has 0 spiro atoms. The minimum absolute atomic E-state index is 0.0126. The first-order valence-corrected chi connectivity index (χ1v) is 11.3. The summed E-state index contributed by atoms with van der Waals surface area (Å²) in [5, 5.41) is 0.548. The first-order valence-electron chi connectivity index (χ1n) is 9.47. The lowest BCUT2D eigenvalue weighted by molar-refractivity contribution is 0.0925. The van der Waals surface area contributed by atoms with Crippen LogP contribution in [0.15, 0.2) is 29.2 Å². The number of rotatable bonds is 5. The largest absolute Gasteiger partial charge is 0.299 e. The van der Waals surface area contributed by atoms with Crippen molar-refractivity contribution in [1.29, 1.82) is 0 Å². The van der Waals surface area contributed by atoms with Crippen LogP contribution < -0.4 is 4.72 Å². The topological polar surface area (TPSA) is 49.4 Å². The third-order valence-electron chi connectivity index (χ3n) is 5.83. The van der Waals surface area contributed by atoms with Gasteiger partial charge in [-0.05, 0) is 57.0 Å². The smallest absolute Gasteiger partial charge is 0.240 e. The predicted molar refractivity (Wildman–Crippen MR) is 102 cm³/mol. The molecule has 0 radical (unpaired) electrons. The summed E-state index contributed by atoms with van der Waals surface area (Å²) >= 11 is 5.88. The Labute approximate surface area is 157 Å². The van der Waals surface area contributed by atoms with Crippen LogP contribution in [-0.4, -0.2) is 38.5 Å². The van der Waals surface area contributed by atoms with Gasteiger partial charge >= 0.3 is 0 Å². The quantitative estimate of drug-likeness (QED) is 0.827. The highest BCUT2D eigenvalue weighted by Crippen LogP contribution is 2.30. The van der Waals surface area contributed by atoms with E-state index in [1.165, 1.54) is 38.5 Å². The number of benzene rings is 1. The number of likely N-dealkylation sites (N-methyl/N-ethyl adjacent to an activating group) is 1. The average Bonchev–Trinajstić information content (AvgIpc) is 2.62. The van der Waals surface area contributed by atoms with E-state index in [0.29, 0.717) is 22.0 Å². The molecule has 1 aromatic rings. The van der Waals surface area contributed by atoms with Crippen LogP contribution in [0.2, 0.25) is 5.02 Å². The molecule has 2 atom stereocenters. The van der Waals surface area contributed by atoms with E-state index in [2.05, 4.69) is 16.7 Å². The van der Waals surface area contributed by atoms with Crippen molar-refractivity contribution in [3.63, 3.8) is 0 Å². The molecule has 1 N–H and O–H groups in total. The zero-order valence-electron chi connectivity index (χ0n) is 15.0. The van der Waals surface area contributed by atoms with Crippen LogP contribution in [0.25, 0.3) is 0 Å². The molecule has 25 heavy (non-hydrogen) atoms. The Hall–Kier alpha value is -0.620. The number of sulfonamides is 1. The molecule has 4 nitrogen and oxygen atoms in total. The van der Waals surface area contributed by atoms with E-state index in [0.717, 1.165) is 19.3 Å². The Kier molecular flexibility index (Phi) is 6.42. The Morgan fingerprint density at radius 3 is 2.24 bits per heavy atom. The molecular formula is C19H29ClN2O2S. The standard InChI is InChI=1S/C19H29ClN2O2S/c1-22(16-7-3-2-4-8-16)19-10-6-5-9-18(19)21-25(23,24)17-13-11-15(20)12-14-17/h11-14,16,18-19,21H,2-10H2,1H3/t18-,19-/m1/s1. The van der Waals surface area contributed by atoms with E-state index in [1.807, 2.05) is 0 Å². The van der Waals surface area contributed by atoms with Crippen LogP contribution in [0.3, 0.4) is 0 Å². The van der Waals surface area contributed by atoms with E-state index < -0.39 is 10.0 Å². The number of halogens is 1. The maximum absolute atomic E-state index is 12.8. The molecule has 1 aromatic carbocycles. The van der Waals surface area contributed by atoms with Crippen molar-refractivity contribution < 1.29 is 8.42 Å². The lowest BCUT2D eigenvalue weighted by Crippen LogP contribution is -2.54. The molecule has 0 aliphatic heterocycles. The van der Waals surface area contributed by atoms with Crippen molar-refractivity contribution in [3.8, 4) is 0 Å². The fourth-order valence-corrected chi connectivity index (χ4v) is 5.81. The fraction of sp³-hybridized carbons (Fsp3) is 0.684. The zero-order valence-corrected chi connectivity index (χ0v) is 16.5. The van der Waals surface area contributed by atoms with Gasteiger partial charge in [0, 0.05) is 23.1 Å². The molecule has 0 amide bonds. The summed E-state index contributed by atoms with van der Waals surface area (Å²) in [5.74, 6) is 0. The molecule has 6 heteroatoms. The molecule has 0 heterocycles. The Morgan fingerprint density at radius 2 is 1.56 bits per heavy atom. The molecule has 2 saturated carbocycles. The molecule has 2 aliphatic carbocycles. The molecule has 0 aromatic heterocycles. The lowest BCUT2D eigenvalue weighted by atomic mass is 9.86. The Morgan fingerprint density at radius 1 is 0.960 bits per heavy atom. The van der Waals surface area contributed by atoms with Crippen molar-refractivity contribution in [2.75, 3.05) is 7.05 Å². The average molecular weight is 385 g/mol. The van der Waals surface area contributed by atoms with Gasteiger partial charge in [-0.3, -0.25) is 4.90 Å². The molecule has 2 aliphatic rings. The van der Waals surface area contributed by atoms with E-state index in [1.54, 1.807) is 24.3 Å². The number of hydrogen-bond acceptors (Lipinski definition) is 3. The van der Waals surface area contributed by atoms with Crippen LogP contribution in [0.1, 0.15) is 57.8 Å². The van der Waals surface area contributed by atoms with Gasteiger partial charge in [-0.2, -0.15) is 0 Å². The summed E-state index contributed by atoms with van der Waals surface area (Å²) in [4.78, 5) is 2.76. The predicted octanol–water partition coefficient (Wildman–Crippen LogP) is 4.19. The maximum Gasteiger partial charge on any atom is 0.240 e. The van der Waals surface area contributed by atoms with Crippen LogP contribution in [0, 0.1) is 0 Å². The van der Waals surface area contributed by atoms with Gasteiger partial charge in [0.05, 0.1) is 4.90 Å². The molecular weight excluding hydrogens is 356 g/mol. The highest BCUT2D eigenvalue weighted by atomic mass is 35.5. The highest BCUT2D eigenvalue weighted by molar-refractivity contribution is 7.89. The lowest BCUT2D eigenvalue weighted by Gasteiger charge is -2.43. The van der Waals surface area contributed by atoms with Gasteiger partial charge in [0.25, 0.3) is 0 Å². The first-order chi connectivity index (χ1) is 12.0. The molecule has 0 bridgehead atoms. The van der Waals surface area contributed by atoms with Crippen molar-refractivity contribution in [1.82, 2.24) is 9.62 Å². The van der Waals surface area contributed by atoms with Gasteiger partial charge in [0.2, 0.25) is 10.0 Å². The molecule has 0 unspecified atom stereocenters. The zero-order chi connectivity index (χ0) is 17.9. The van der Waals surface area contributed by atoms with E-state index in [4.69, 9.17) is 11.6 Å². The second kappa shape index (κ2) is 8.38. The second-order valence-electron chi connectivity index (χ2n) is 7.49. The summed E-state index contributed by atoms with van der Waals surface area (Å²) < 4.78 is 28.6. The third-order valence-corrected chi connectivity index (χ3v) is 7.59. The summed E-state index contributed by atoms with van der Waals surface area (Å²) in [6, 6.07) is 7.28. The van der Waals surface area contributed by atoms with Gasteiger partial charge in [-0.15, -0.1) is 0 Å². The minimum atomic E-state index is -3.51. The van der Waals surface area contributed by atoms with Crippen molar-refractivity contribution in [3.05, 3.63) is 29.3 Å². The normalized spacial score (nSPS) is 26.0. The van der Waals surface area contributed by atoms with Crippen LogP contribution in [0.4, 0.5) is 0 Å². The van der Waals surface area contributed by atoms with Crippen LogP contribution in [-0.2, 0) is 10.0 Å². The molecule has 2 fully saturated rings. The minimum Gasteiger partial charge on any atom is -0.299 e. The van der Waals surface area contributed by atoms with Crippen molar-refractivity contribution in [2.45, 2.75) is 80.8 Å². The summed E-state index contributed by atoms with van der Waals surface area (Å²) in [5.41, 5.74) is 0. The first kappa shape index (κ1) is 19.2.